The first-order chi connectivity index (χ1) is 13.0. The minimum Gasteiger partial charge on any atom is -0.342 e. The zero-order chi connectivity index (χ0) is 19.0. The van der Waals surface area contributed by atoms with Gasteiger partial charge in [-0.05, 0) is 31.4 Å². The van der Waals surface area contributed by atoms with Crippen LogP contribution in [0.2, 0.25) is 0 Å². The van der Waals surface area contributed by atoms with Gasteiger partial charge in [0, 0.05) is 23.0 Å². The quantitative estimate of drug-likeness (QED) is 0.739. The second-order valence-electron chi connectivity index (χ2n) is 7.91. The van der Waals surface area contributed by atoms with Crippen molar-refractivity contribution in [2.75, 3.05) is 0 Å². The van der Waals surface area contributed by atoms with E-state index in [1.165, 1.54) is 10.9 Å². The number of nitrogens with zero attached hydrogens (tertiary/aromatic N) is 3. The van der Waals surface area contributed by atoms with Gasteiger partial charge in [0.05, 0.1) is 0 Å². The highest BCUT2D eigenvalue weighted by Crippen LogP contribution is 2.37. The maximum Gasteiger partial charge on any atom is 0.240 e. The van der Waals surface area contributed by atoms with E-state index in [1.807, 2.05) is 36.7 Å². The summed E-state index contributed by atoms with van der Waals surface area (Å²) in [6.45, 7) is 6.40. The van der Waals surface area contributed by atoms with Gasteiger partial charge < -0.3 is 14.4 Å². The van der Waals surface area contributed by atoms with Crippen LogP contribution in [0.3, 0.4) is 0 Å². The number of carbonyl (C=O) groups is 1. The Kier molecular flexibility index (Phi) is 4.50. The van der Waals surface area contributed by atoms with Crippen LogP contribution < -0.4 is 5.32 Å². The largest absolute Gasteiger partial charge is 0.342 e. The van der Waals surface area contributed by atoms with Gasteiger partial charge in [-0.25, -0.2) is 0 Å². The van der Waals surface area contributed by atoms with Crippen molar-refractivity contribution in [2.45, 2.75) is 64.5 Å². The van der Waals surface area contributed by atoms with Crippen molar-refractivity contribution >= 4 is 16.8 Å². The molecule has 4 rings (SSSR count). The van der Waals surface area contributed by atoms with Gasteiger partial charge in [0.15, 0.2) is 5.82 Å². The van der Waals surface area contributed by atoms with E-state index < -0.39 is 5.54 Å². The lowest BCUT2D eigenvalue weighted by Gasteiger charge is -2.27. The molecule has 1 amide bonds. The van der Waals surface area contributed by atoms with Crippen molar-refractivity contribution in [3.8, 4) is 0 Å². The van der Waals surface area contributed by atoms with Gasteiger partial charge in [0.1, 0.15) is 12.1 Å². The van der Waals surface area contributed by atoms with E-state index in [9.17, 15) is 4.79 Å². The maximum atomic E-state index is 12.9. The van der Waals surface area contributed by atoms with Crippen molar-refractivity contribution < 1.29 is 9.32 Å². The van der Waals surface area contributed by atoms with Crippen molar-refractivity contribution in [1.82, 2.24) is 20.0 Å². The SMILES string of the molecule is Cc1cn(CC(=O)NC2(c3noc(C(C)C)n3)CCCC2)c2ccccc12. The molecule has 2 aromatic heterocycles. The van der Waals surface area contributed by atoms with Gasteiger partial charge in [-0.15, -0.1) is 0 Å². The fraction of sp³-hybridized carbons (Fsp3) is 0.476. The Hall–Kier alpha value is -2.63. The number of fused-ring (bicyclic) bond motifs is 1. The van der Waals surface area contributed by atoms with Crippen molar-refractivity contribution in [1.29, 1.82) is 0 Å². The van der Waals surface area contributed by atoms with Crippen molar-refractivity contribution in [3.05, 3.63) is 47.7 Å². The number of rotatable bonds is 5. The molecule has 1 N–H and O–H groups in total. The lowest BCUT2D eigenvalue weighted by atomic mass is 9.96. The molecule has 0 unspecified atom stereocenters. The van der Waals surface area contributed by atoms with Crippen LogP contribution in [0.4, 0.5) is 0 Å². The molecule has 1 aliphatic rings. The molecule has 0 bridgehead atoms. The number of benzene rings is 1. The van der Waals surface area contributed by atoms with E-state index in [4.69, 9.17) is 4.52 Å². The molecule has 0 saturated heterocycles. The zero-order valence-corrected chi connectivity index (χ0v) is 16.2. The highest BCUT2D eigenvalue weighted by atomic mass is 16.5. The molecule has 3 aromatic rings. The lowest BCUT2D eigenvalue weighted by molar-refractivity contribution is -0.123. The van der Waals surface area contributed by atoms with Crippen molar-refractivity contribution in [3.63, 3.8) is 0 Å². The van der Waals surface area contributed by atoms with Gasteiger partial charge in [-0.1, -0.05) is 50.0 Å². The molecule has 1 fully saturated rings. The van der Waals surface area contributed by atoms with Crippen LogP contribution >= 0.6 is 0 Å². The van der Waals surface area contributed by atoms with Gasteiger partial charge in [0.25, 0.3) is 0 Å². The van der Waals surface area contributed by atoms with Gasteiger partial charge in [0.2, 0.25) is 11.8 Å². The lowest BCUT2D eigenvalue weighted by Crippen LogP contribution is -2.46. The van der Waals surface area contributed by atoms with Gasteiger partial charge >= 0.3 is 0 Å². The van der Waals surface area contributed by atoms with E-state index >= 15 is 0 Å². The topological polar surface area (TPSA) is 73.0 Å². The monoisotopic (exact) mass is 366 g/mol. The summed E-state index contributed by atoms with van der Waals surface area (Å²) < 4.78 is 7.42. The predicted molar refractivity (Wildman–Crippen MR) is 103 cm³/mol. The van der Waals surface area contributed by atoms with E-state index in [-0.39, 0.29) is 18.4 Å². The molecule has 2 heterocycles. The summed E-state index contributed by atoms with van der Waals surface area (Å²) in [7, 11) is 0. The third-order valence-electron chi connectivity index (χ3n) is 5.50. The number of carbonyl (C=O) groups excluding carboxylic acids is 1. The third kappa shape index (κ3) is 3.24. The predicted octanol–water partition coefficient (Wildman–Crippen LogP) is 4.04. The van der Waals surface area contributed by atoms with Crippen LogP contribution in [0.15, 0.2) is 35.0 Å². The Morgan fingerprint density at radius 3 is 2.74 bits per heavy atom. The Morgan fingerprint density at radius 1 is 1.30 bits per heavy atom. The number of amides is 1. The van der Waals surface area contributed by atoms with Crippen molar-refractivity contribution in [2.24, 2.45) is 0 Å². The normalized spacial score (nSPS) is 16.3. The molecule has 27 heavy (non-hydrogen) atoms. The molecule has 142 valence electrons. The fourth-order valence-corrected chi connectivity index (χ4v) is 4.07. The van der Waals surface area contributed by atoms with E-state index in [0.717, 1.165) is 31.2 Å². The van der Waals surface area contributed by atoms with E-state index in [1.54, 1.807) is 0 Å². The summed E-state index contributed by atoms with van der Waals surface area (Å²) in [6, 6.07) is 8.16. The highest BCUT2D eigenvalue weighted by Gasteiger charge is 2.41. The zero-order valence-electron chi connectivity index (χ0n) is 16.2. The highest BCUT2D eigenvalue weighted by molar-refractivity contribution is 5.86. The summed E-state index contributed by atoms with van der Waals surface area (Å²) >= 11 is 0. The molecular formula is C21H26N4O2. The first-order valence-electron chi connectivity index (χ1n) is 9.68. The van der Waals surface area contributed by atoms with Crippen LogP contribution in [0.25, 0.3) is 10.9 Å². The number of para-hydroxylation sites is 1. The Balaban J connectivity index is 1.57. The molecule has 0 atom stereocenters. The Morgan fingerprint density at radius 2 is 2.04 bits per heavy atom. The number of nitrogens with one attached hydrogen (secondary N) is 1. The Bertz CT molecular complexity index is 964. The number of aryl methyl sites for hydroxylation is 1. The molecule has 1 aliphatic carbocycles. The minimum absolute atomic E-state index is 0.0199. The first kappa shape index (κ1) is 17.8. The molecule has 1 saturated carbocycles. The fourth-order valence-electron chi connectivity index (χ4n) is 4.07. The van der Waals surface area contributed by atoms with Crippen LogP contribution in [0.1, 0.15) is 62.7 Å². The van der Waals surface area contributed by atoms with Crippen LogP contribution in [-0.4, -0.2) is 20.6 Å². The number of aromatic nitrogens is 3. The minimum atomic E-state index is -0.508. The molecule has 6 nitrogen and oxygen atoms in total. The average molecular weight is 366 g/mol. The molecule has 0 aliphatic heterocycles. The molecular weight excluding hydrogens is 340 g/mol. The maximum absolute atomic E-state index is 12.9. The summed E-state index contributed by atoms with van der Waals surface area (Å²) in [5, 5.41) is 8.62. The summed E-state index contributed by atoms with van der Waals surface area (Å²) in [4.78, 5) is 17.5. The molecule has 0 radical (unpaired) electrons. The smallest absolute Gasteiger partial charge is 0.240 e. The Labute approximate surface area is 158 Å². The second-order valence-corrected chi connectivity index (χ2v) is 7.91. The number of hydrogen-bond donors (Lipinski definition) is 1. The average Bonchev–Trinajstić information content (AvgIpc) is 3.36. The summed E-state index contributed by atoms with van der Waals surface area (Å²) in [5.41, 5.74) is 1.74. The van der Waals surface area contributed by atoms with E-state index in [0.29, 0.717) is 11.7 Å². The standard InChI is InChI=1S/C21H26N4O2/c1-14(2)19-22-20(24-27-19)21(10-6-7-11-21)23-18(26)13-25-12-15(3)16-8-4-5-9-17(16)25/h4-5,8-9,12,14H,6-7,10-11,13H2,1-3H3,(H,23,26). The van der Waals surface area contributed by atoms with Gasteiger partial charge in [-0.3, -0.25) is 4.79 Å². The second kappa shape index (κ2) is 6.83. The first-order valence-corrected chi connectivity index (χ1v) is 9.68. The number of hydrogen-bond acceptors (Lipinski definition) is 4. The van der Waals surface area contributed by atoms with Crippen LogP contribution in [0.5, 0.6) is 0 Å². The van der Waals surface area contributed by atoms with E-state index in [2.05, 4.69) is 34.5 Å². The van der Waals surface area contributed by atoms with Crippen LogP contribution in [-0.2, 0) is 16.9 Å². The summed E-state index contributed by atoms with van der Waals surface area (Å²) in [6.07, 6.45) is 5.84. The summed E-state index contributed by atoms with van der Waals surface area (Å²) in [5.74, 6) is 1.39. The molecule has 1 aromatic carbocycles. The third-order valence-corrected chi connectivity index (χ3v) is 5.50. The van der Waals surface area contributed by atoms with Gasteiger partial charge in [-0.2, -0.15) is 4.98 Å². The molecule has 6 heteroatoms. The van der Waals surface area contributed by atoms with Crippen LogP contribution in [0, 0.1) is 6.92 Å². The molecule has 0 spiro atoms.